The average Bonchev–Trinajstić information content (AvgIpc) is 2.71. The van der Waals surface area contributed by atoms with Gasteiger partial charge >= 0.3 is 0 Å². The molecule has 0 atom stereocenters. The van der Waals surface area contributed by atoms with Crippen LogP contribution in [0.2, 0.25) is 0 Å². The number of H-pyrrole nitrogens is 1. The second-order valence-corrected chi connectivity index (χ2v) is 5.24. The molecule has 0 saturated heterocycles. The van der Waals surface area contributed by atoms with Crippen molar-refractivity contribution in [3.63, 3.8) is 0 Å². The lowest BCUT2D eigenvalue weighted by molar-refractivity contribution is 0.425. The lowest BCUT2D eigenvalue weighted by Gasteiger charge is -2.11. The van der Waals surface area contributed by atoms with Crippen LogP contribution in [0.15, 0.2) is 18.2 Å². The fourth-order valence-electron chi connectivity index (χ4n) is 1.84. The quantitative estimate of drug-likeness (QED) is 0.852. The second kappa shape index (κ2) is 5.40. The predicted octanol–water partition coefficient (Wildman–Crippen LogP) is 2.66. The highest BCUT2D eigenvalue weighted by molar-refractivity contribution is 5.79. The Kier molecular flexibility index (Phi) is 3.87. The first-order valence-electron chi connectivity index (χ1n) is 6.44. The summed E-state index contributed by atoms with van der Waals surface area (Å²) in [5, 5.41) is 3.42. The molecule has 0 amide bonds. The molecular formula is C14H22N4. The van der Waals surface area contributed by atoms with Crippen LogP contribution in [0, 0.1) is 0 Å². The first-order chi connectivity index (χ1) is 8.56. The summed E-state index contributed by atoms with van der Waals surface area (Å²) in [4.78, 5) is 10.1. The fraction of sp³-hybridized carbons (Fsp3) is 0.500. The zero-order valence-corrected chi connectivity index (χ0v) is 11.6. The van der Waals surface area contributed by atoms with Crippen molar-refractivity contribution in [1.29, 1.82) is 0 Å². The Labute approximate surface area is 108 Å². The van der Waals surface area contributed by atoms with Gasteiger partial charge in [0.15, 0.2) is 0 Å². The van der Waals surface area contributed by atoms with E-state index in [1.807, 2.05) is 0 Å². The number of nitrogens with zero attached hydrogens (tertiary/aromatic N) is 2. The first-order valence-corrected chi connectivity index (χ1v) is 6.44. The summed E-state index contributed by atoms with van der Waals surface area (Å²) in [6, 6.07) is 6.28. The minimum Gasteiger partial charge on any atom is -0.384 e. The number of rotatable bonds is 5. The van der Waals surface area contributed by atoms with Crippen molar-refractivity contribution in [2.45, 2.75) is 19.8 Å². The molecule has 4 nitrogen and oxygen atoms in total. The van der Waals surface area contributed by atoms with Gasteiger partial charge in [0.05, 0.1) is 11.0 Å². The predicted molar refractivity (Wildman–Crippen MR) is 77.2 cm³/mol. The van der Waals surface area contributed by atoms with Crippen molar-refractivity contribution < 1.29 is 0 Å². The standard InChI is InChI=1S/C14H22N4/c1-10(2)14-16-12-6-5-11(9-13(12)17-14)15-7-8-18(3)4/h5-6,9-10,15H,7-8H2,1-4H3,(H,16,17). The summed E-state index contributed by atoms with van der Waals surface area (Å²) in [6.07, 6.45) is 0. The van der Waals surface area contributed by atoms with Gasteiger partial charge in [0.25, 0.3) is 0 Å². The minimum absolute atomic E-state index is 0.433. The molecule has 0 bridgehead atoms. The zero-order valence-electron chi connectivity index (χ0n) is 11.6. The summed E-state index contributed by atoms with van der Waals surface area (Å²) < 4.78 is 0. The van der Waals surface area contributed by atoms with Gasteiger partial charge in [-0.2, -0.15) is 0 Å². The molecule has 1 aromatic heterocycles. The van der Waals surface area contributed by atoms with Gasteiger partial charge in [0, 0.05) is 24.7 Å². The molecule has 1 aromatic carbocycles. The van der Waals surface area contributed by atoms with Crippen molar-refractivity contribution in [2.75, 3.05) is 32.5 Å². The Bertz CT molecular complexity index is 513. The molecule has 0 radical (unpaired) electrons. The van der Waals surface area contributed by atoms with E-state index in [1.165, 1.54) is 0 Å². The number of nitrogens with one attached hydrogen (secondary N) is 2. The van der Waals surface area contributed by atoms with Crippen LogP contribution >= 0.6 is 0 Å². The molecule has 0 aliphatic carbocycles. The van der Waals surface area contributed by atoms with E-state index in [2.05, 4.69) is 66.3 Å². The van der Waals surface area contributed by atoms with Crippen molar-refractivity contribution in [2.24, 2.45) is 0 Å². The van der Waals surface area contributed by atoms with E-state index in [0.29, 0.717) is 5.92 Å². The van der Waals surface area contributed by atoms with E-state index >= 15 is 0 Å². The van der Waals surface area contributed by atoms with E-state index in [0.717, 1.165) is 35.6 Å². The van der Waals surface area contributed by atoms with Gasteiger partial charge in [-0.3, -0.25) is 0 Å². The molecule has 98 valence electrons. The molecule has 1 heterocycles. The highest BCUT2D eigenvalue weighted by Crippen LogP contribution is 2.20. The molecule has 0 aliphatic rings. The van der Waals surface area contributed by atoms with Crippen LogP contribution in [0.1, 0.15) is 25.6 Å². The van der Waals surface area contributed by atoms with Gasteiger partial charge in [-0.15, -0.1) is 0 Å². The van der Waals surface area contributed by atoms with Crippen LogP contribution in [0.5, 0.6) is 0 Å². The number of fused-ring (bicyclic) bond motifs is 1. The monoisotopic (exact) mass is 246 g/mol. The largest absolute Gasteiger partial charge is 0.384 e. The maximum absolute atomic E-state index is 4.57. The molecule has 0 fully saturated rings. The summed E-state index contributed by atoms with van der Waals surface area (Å²) >= 11 is 0. The van der Waals surface area contributed by atoms with Crippen molar-refractivity contribution >= 4 is 16.7 Å². The molecule has 2 rings (SSSR count). The van der Waals surface area contributed by atoms with Gasteiger partial charge in [0.2, 0.25) is 0 Å². The Morgan fingerprint density at radius 1 is 1.33 bits per heavy atom. The fourth-order valence-corrected chi connectivity index (χ4v) is 1.84. The molecule has 0 unspecified atom stereocenters. The Morgan fingerprint density at radius 3 is 2.78 bits per heavy atom. The molecule has 0 spiro atoms. The number of hydrogen-bond donors (Lipinski definition) is 2. The molecule has 2 N–H and O–H groups in total. The number of anilines is 1. The van der Waals surface area contributed by atoms with Crippen LogP contribution in [0.3, 0.4) is 0 Å². The number of aromatic nitrogens is 2. The molecule has 0 aliphatic heterocycles. The van der Waals surface area contributed by atoms with Crippen LogP contribution in [-0.4, -0.2) is 42.1 Å². The van der Waals surface area contributed by atoms with Crippen LogP contribution < -0.4 is 5.32 Å². The van der Waals surface area contributed by atoms with Crippen molar-refractivity contribution in [1.82, 2.24) is 14.9 Å². The number of imidazole rings is 1. The summed E-state index contributed by atoms with van der Waals surface area (Å²) in [5.41, 5.74) is 3.29. The second-order valence-electron chi connectivity index (χ2n) is 5.24. The molecule has 4 heteroatoms. The Balaban J connectivity index is 2.11. The zero-order chi connectivity index (χ0) is 13.1. The normalized spacial score (nSPS) is 11.7. The van der Waals surface area contributed by atoms with Gasteiger partial charge in [0.1, 0.15) is 5.82 Å². The molecule has 0 saturated carbocycles. The van der Waals surface area contributed by atoms with E-state index in [9.17, 15) is 0 Å². The average molecular weight is 246 g/mol. The van der Waals surface area contributed by atoms with Crippen LogP contribution in [0.4, 0.5) is 5.69 Å². The maximum Gasteiger partial charge on any atom is 0.109 e. The number of aromatic amines is 1. The molecule has 18 heavy (non-hydrogen) atoms. The third-order valence-electron chi connectivity index (χ3n) is 2.94. The third-order valence-corrected chi connectivity index (χ3v) is 2.94. The highest BCUT2D eigenvalue weighted by Gasteiger charge is 2.06. The Morgan fingerprint density at radius 2 is 2.11 bits per heavy atom. The van der Waals surface area contributed by atoms with Crippen molar-refractivity contribution in [3.05, 3.63) is 24.0 Å². The van der Waals surface area contributed by atoms with E-state index < -0.39 is 0 Å². The lowest BCUT2D eigenvalue weighted by atomic mass is 10.2. The van der Waals surface area contributed by atoms with Crippen LogP contribution in [-0.2, 0) is 0 Å². The Hall–Kier alpha value is -1.55. The van der Waals surface area contributed by atoms with E-state index in [1.54, 1.807) is 0 Å². The lowest BCUT2D eigenvalue weighted by Crippen LogP contribution is -2.20. The number of hydrogen-bond acceptors (Lipinski definition) is 3. The summed E-state index contributed by atoms with van der Waals surface area (Å²) in [5.74, 6) is 1.48. The van der Waals surface area contributed by atoms with Gasteiger partial charge in [-0.05, 0) is 32.3 Å². The van der Waals surface area contributed by atoms with Gasteiger partial charge < -0.3 is 15.2 Å². The topological polar surface area (TPSA) is 44.0 Å². The summed E-state index contributed by atoms with van der Waals surface area (Å²) in [6.45, 7) is 6.27. The molecule has 2 aromatic rings. The van der Waals surface area contributed by atoms with Crippen molar-refractivity contribution in [3.8, 4) is 0 Å². The first kappa shape index (κ1) is 12.9. The maximum atomic E-state index is 4.57. The highest BCUT2D eigenvalue weighted by atomic mass is 15.1. The number of benzene rings is 1. The van der Waals surface area contributed by atoms with E-state index in [4.69, 9.17) is 0 Å². The minimum atomic E-state index is 0.433. The summed E-state index contributed by atoms with van der Waals surface area (Å²) in [7, 11) is 4.16. The van der Waals surface area contributed by atoms with Crippen LogP contribution in [0.25, 0.3) is 11.0 Å². The number of likely N-dealkylation sites (N-methyl/N-ethyl adjacent to an activating group) is 1. The third kappa shape index (κ3) is 3.01. The smallest absolute Gasteiger partial charge is 0.109 e. The van der Waals surface area contributed by atoms with Gasteiger partial charge in [-0.25, -0.2) is 4.98 Å². The SMILES string of the molecule is CC(C)c1nc2ccc(NCCN(C)C)cc2[nH]1. The van der Waals surface area contributed by atoms with Gasteiger partial charge in [-0.1, -0.05) is 13.8 Å². The van der Waals surface area contributed by atoms with E-state index in [-0.39, 0.29) is 0 Å². The molecular weight excluding hydrogens is 224 g/mol.